The summed E-state index contributed by atoms with van der Waals surface area (Å²) < 4.78 is 24.9. The van der Waals surface area contributed by atoms with Gasteiger partial charge < -0.3 is 10.3 Å². The zero-order chi connectivity index (χ0) is 12.8. The maximum atomic E-state index is 11.4. The number of aromatic nitrogens is 2. The standard InChI is InChI=1S/C12H19N3O2S/c13-11-2-1-3-12-14-10(7-15(11)12)6-9-4-5-18(16,17)8-9/h7,9,11H,1-6,8,13H2. The minimum absolute atomic E-state index is 0.0438. The van der Waals surface area contributed by atoms with E-state index in [2.05, 4.69) is 9.55 Å². The van der Waals surface area contributed by atoms with E-state index in [9.17, 15) is 8.42 Å². The first-order valence-electron chi connectivity index (χ1n) is 6.56. The van der Waals surface area contributed by atoms with Crippen LogP contribution >= 0.6 is 0 Å². The highest BCUT2D eigenvalue weighted by molar-refractivity contribution is 7.91. The van der Waals surface area contributed by atoms with Crippen molar-refractivity contribution in [2.45, 2.75) is 38.3 Å². The molecule has 1 aromatic rings. The lowest BCUT2D eigenvalue weighted by atomic mass is 10.0. The average molecular weight is 269 g/mol. The van der Waals surface area contributed by atoms with Crippen molar-refractivity contribution in [2.75, 3.05) is 11.5 Å². The highest BCUT2D eigenvalue weighted by Gasteiger charge is 2.29. The van der Waals surface area contributed by atoms with E-state index in [1.165, 1.54) is 0 Å². The van der Waals surface area contributed by atoms with Gasteiger partial charge in [-0.25, -0.2) is 13.4 Å². The Morgan fingerprint density at radius 3 is 2.94 bits per heavy atom. The summed E-state index contributed by atoms with van der Waals surface area (Å²) in [6.07, 6.45) is 6.68. The highest BCUT2D eigenvalue weighted by atomic mass is 32.2. The lowest BCUT2D eigenvalue weighted by molar-refractivity contribution is 0.408. The number of hydrogen-bond donors (Lipinski definition) is 1. The number of imidazole rings is 1. The van der Waals surface area contributed by atoms with Gasteiger partial charge in [0.05, 0.1) is 23.4 Å². The maximum absolute atomic E-state index is 11.4. The first-order chi connectivity index (χ1) is 8.53. The third kappa shape index (κ3) is 2.31. The average Bonchev–Trinajstić information content (AvgIpc) is 2.83. The topological polar surface area (TPSA) is 78.0 Å². The van der Waals surface area contributed by atoms with Gasteiger partial charge in [-0.1, -0.05) is 0 Å². The molecule has 100 valence electrons. The molecule has 3 rings (SSSR count). The van der Waals surface area contributed by atoms with Crippen molar-refractivity contribution in [3.8, 4) is 0 Å². The number of sulfone groups is 1. The molecule has 5 nitrogen and oxygen atoms in total. The minimum atomic E-state index is -2.79. The Morgan fingerprint density at radius 1 is 1.44 bits per heavy atom. The summed E-state index contributed by atoms with van der Waals surface area (Å²) >= 11 is 0. The van der Waals surface area contributed by atoms with Gasteiger partial charge in [0.1, 0.15) is 5.82 Å². The van der Waals surface area contributed by atoms with Crippen LogP contribution in [-0.4, -0.2) is 29.5 Å². The van der Waals surface area contributed by atoms with Gasteiger partial charge in [0.15, 0.2) is 9.84 Å². The van der Waals surface area contributed by atoms with Crippen molar-refractivity contribution in [1.29, 1.82) is 0 Å². The predicted octanol–water partition coefficient (Wildman–Crippen LogP) is 0.654. The molecule has 0 radical (unpaired) electrons. The van der Waals surface area contributed by atoms with Crippen molar-refractivity contribution < 1.29 is 8.42 Å². The summed E-state index contributed by atoms with van der Waals surface area (Å²) in [6, 6.07) is 0. The minimum Gasteiger partial charge on any atom is -0.319 e. The Bertz CT molecular complexity index is 550. The predicted molar refractivity (Wildman–Crippen MR) is 68.9 cm³/mol. The van der Waals surface area contributed by atoms with Crippen molar-refractivity contribution >= 4 is 9.84 Å². The molecule has 2 atom stereocenters. The molecular formula is C12H19N3O2S. The van der Waals surface area contributed by atoms with Crippen molar-refractivity contribution in [1.82, 2.24) is 9.55 Å². The van der Waals surface area contributed by atoms with Gasteiger partial charge in [-0.3, -0.25) is 0 Å². The van der Waals surface area contributed by atoms with Gasteiger partial charge >= 0.3 is 0 Å². The number of nitrogens with two attached hydrogens (primary N) is 1. The summed E-state index contributed by atoms with van der Waals surface area (Å²) in [7, 11) is -2.79. The Hall–Kier alpha value is -0.880. The Morgan fingerprint density at radius 2 is 2.28 bits per heavy atom. The van der Waals surface area contributed by atoms with Gasteiger partial charge in [-0.05, 0) is 31.6 Å². The molecule has 6 heteroatoms. The molecule has 2 aliphatic rings. The van der Waals surface area contributed by atoms with Crippen LogP contribution in [0.15, 0.2) is 6.20 Å². The van der Waals surface area contributed by atoms with Crippen LogP contribution in [0.1, 0.15) is 36.9 Å². The first-order valence-corrected chi connectivity index (χ1v) is 8.38. The van der Waals surface area contributed by atoms with E-state index in [-0.39, 0.29) is 12.1 Å². The maximum Gasteiger partial charge on any atom is 0.150 e. The van der Waals surface area contributed by atoms with Gasteiger partial charge in [0.2, 0.25) is 0 Å². The molecule has 2 N–H and O–H groups in total. The molecule has 0 spiro atoms. The van der Waals surface area contributed by atoms with Crippen LogP contribution in [0.25, 0.3) is 0 Å². The van der Waals surface area contributed by atoms with Gasteiger partial charge in [0, 0.05) is 12.6 Å². The second kappa shape index (κ2) is 4.35. The molecule has 1 aromatic heterocycles. The summed E-state index contributed by atoms with van der Waals surface area (Å²) in [5.41, 5.74) is 7.04. The number of aryl methyl sites for hydroxylation is 1. The summed E-state index contributed by atoms with van der Waals surface area (Å²) in [5, 5.41) is 0. The lowest BCUT2D eigenvalue weighted by Gasteiger charge is -2.20. The third-order valence-electron chi connectivity index (χ3n) is 3.94. The fourth-order valence-electron chi connectivity index (χ4n) is 3.00. The van der Waals surface area contributed by atoms with E-state index in [0.29, 0.717) is 11.5 Å². The van der Waals surface area contributed by atoms with Crippen molar-refractivity contribution in [3.63, 3.8) is 0 Å². The molecular weight excluding hydrogens is 250 g/mol. The van der Waals surface area contributed by atoms with E-state index in [4.69, 9.17) is 5.73 Å². The van der Waals surface area contributed by atoms with Gasteiger partial charge in [-0.15, -0.1) is 0 Å². The third-order valence-corrected chi connectivity index (χ3v) is 5.78. The summed E-state index contributed by atoms with van der Waals surface area (Å²) in [4.78, 5) is 4.60. The molecule has 0 aromatic carbocycles. The Balaban J connectivity index is 1.74. The highest BCUT2D eigenvalue weighted by Crippen LogP contribution is 2.25. The fraction of sp³-hybridized carbons (Fsp3) is 0.750. The van der Waals surface area contributed by atoms with Crippen LogP contribution in [0.4, 0.5) is 0 Å². The van der Waals surface area contributed by atoms with E-state index in [1.807, 2.05) is 6.20 Å². The van der Waals surface area contributed by atoms with Crippen molar-refractivity contribution in [3.05, 3.63) is 17.7 Å². The van der Waals surface area contributed by atoms with Crippen LogP contribution in [0.2, 0.25) is 0 Å². The smallest absolute Gasteiger partial charge is 0.150 e. The number of fused-ring (bicyclic) bond motifs is 1. The molecule has 0 aliphatic carbocycles. The molecule has 1 fully saturated rings. The Kier molecular flexibility index (Phi) is 2.94. The number of rotatable bonds is 2. The molecule has 2 aliphatic heterocycles. The number of nitrogens with zero attached hydrogens (tertiary/aromatic N) is 2. The van der Waals surface area contributed by atoms with Gasteiger partial charge in [-0.2, -0.15) is 0 Å². The second-order valence-electron chi connectivity index (χ2n) is 5.49. The normalized spacial score (nSPS) is 30.3. The molecule has 0 saturated carbocycles. The largest absolute Gasteiger partial charge is 0.319 e. The fourth-order valence-corrected chi connectivity index (χ4v) is 4.86. The second-order valence-corrected chi connectivity index (χ2v) is 7.72. The van der Waals surface area contributed by atoms with Crippen LogP contribution in [-0.2, 0) is 22.7 Å². The SMILES string of the molecule is NC1CCCc2nc(CC3CCS(=O)(=O)C3)cn21. The summed E-state index contributed by atoms with van der Waals surface area (Å²) in [5.74, 6) is 1.96. The molecule has 1 saturated heterocycles. The van der Waals surface area contributed by atoms with E-state index in [1.54, 1.807) is 0 Å². The Labute approximate surface area is 107 Å². The molecule has 3 heterocycles. The van der Waals surface area contributed by atoms with Crippen LogP contribution in [0, 0.1) is 5.92 Å². The monoisotopic (exact) mass is 269 g/mol. The number of hydrogen-bond acceptors (Lipinski definition) is 4. The lowest BCUT2D eigenvalue weighted by Crippen LogP contribution is -2.24. The molecule has 0 bridgehead atoms. The molecule has 18 heavy (non-hydrogen) atoms. The molecule has 0 amide bonds. The van der Waals surface area contributed by atoms with Crippen LogP contribution in [0.5, 0.6) is 0 Å². The zero-order valence-electron chi connectivity index (χ0n) is 10.4. The quantitative estimate of drug-likeness (QED) is 0.855. The van der Waals surface area contributed by atoms with E-state index in [0.717, 1.165) is 43.6 Å². The van der Waals surface area contributed by atoms with Crippen LogP contribution in [0.3, 0.4) is 0 Å². The van der Waals surface area contributed by atoms with Gasteiger partial charge in [0.25, 0.3) is 0 Å². The van der Waals surface area contributed by atoms with Crippen LogP contribution < -0.4 is 5.73 Å². The van der Waals surface area contributed by atoms with E-state index < -0.39 is 9.84 Å². The zero-order valence-corrected chi connectivity index (χ0v) is 11.2. The van der Waals surface area contributed by atoms with E-state index >= 15 is 0 Å². The molecule has 2 unspecified atom stereocenters. The summed E-state index contributed by atoms with van der Waals surface area (Å²) in [6.45, 7) is 0. The first kappa shape index (κ1) is 12.2. The van der Waals surface area contributed by atoms with Crippen molar-refractivity contribution in [2.24, 2.45) is 11.7 Å².